The van der Waals surface area contributed by atoms with E-state index in [0.29, 0.717) is 0 Å². The lowest BCUT2D eigenvalue weighted by Gasteiger charge is -2.43. The molecular weight excluding hydrogens is 208 g/mol. The Morgan fingerprint density at radius 2 is 1.87 bits per heavy atom. The quantitative estimate of drug-likeness (QED) is 0.332. The highest BCUT2D eigenvalue weighted by molar-refractivity contribution is 5.84. The van der Waals surface area contributed by atoms with E-state index in [1.165, 1.54) is 0 Å². The van der Waals surface area contributed by atoms with Gasteiger partial charge in [-0.05, 0) is 0 Å². The van der Waals surface area contributed by atoms with E-state index in [1.54, 1.807) is 0 Å². The van der Waals surface area contributed by atoms with Crippen LogP contribution in [0.2, 0.25) is 0 Å². The Morgan fingerprint density at radius 1 is 1.33 bits per heavy atom. The molecular formula is C8H14O7. The van der Waals surface area contributed by atoms with Crippen LogP contribution in [0.3, 0.4) is 0 Å². The summed E-state index contributed by atoms with van der Waals surface area (Å²) >= 11 is 0. The maximum absolute atomic E-state index is 11.0. The number of hydrogen-bond acceptors (Lipinski definition) is 7. The molecule has 15 heavy (non-hydrogen) atoms. The second kappa shape index (κ2) is 4.12. The number of aliphatic hydroxyl groups is 5. The highest BCUT2D eigenvalue weighted by Gasteiger charge is 2.55. The standard InChI is InChI=1S/C8H14O7/c1-3(10)8(14)7(13)6(12)5(11)4(2-9)15-8/h4-7,9,11-14H,2H2,1H3/t4-,5-,6+,7+,8-/m1/s1. The van der Waals surface area contributed by atoms with Gasteiger partial charge in [0.05, 0.1) is 6.61 Å². The average Bonchev–Trinajstić information content (AvgIpc) is 2.20. The first-order chi connectivity index (χ1) is 6.84. The van der Waals surface area contributed by atoms with E-state index in [9.17, 15) is 25.2 Å². The highest BCUT2D eigenvalue weighted by atomic mass is 16.7. The van der Waals surface area contributed by atoms with Gasteiger partial charge in [0.25, 0.3) is 5.79 Å². The maximum atomic E-state index is 11.0. The molecule has 0 spiro atoms. The average molecular weight is 222 g/mol. The fraction of sp³-hybridized carbons (Fsp3) is 0.875. The first-order valence-electron chi connectivity index (χ1n) is 4.41. The lowest BCUT2D eigenvalue weighted by atomic mass is 9.90. The monoisotopic (exact) mass is 222 g/mol. The van der Waals surface area contributed by atoms with Crippen molar-refractivity contribution in [2.75, 3.05) is 6.61 Å². The van der Waals surface area contributed by atoms with E-state index >= 15 is 0 Å². The molecule has 88 valence electrons. The van der Waals surface area contributed by atoms with Gasteiger partial charge in [-0.15, -0.1) is 0 Å². The van der Waals surface area contributed by atoms with Gasteiger partial charge in [-0.2, -0.15) is 0 Å². The van der Waals surface area contributed by atoms with E-state index < -0.39 is 42.6 Å². The van der Waals surface area contributed by atoms with Gasteiger partial charge in [0.2, 0.25) is 0 Å². The molecule has 0 saturated carbocycles. The zero-order chi connectivity index (χ0) is 11.8. The van der Waals surface area contributed by atoms with Gasteiger partial charge in [-0.25, -0.2) is 0 Å². The van der Waals surface area contributed by atoms with Gasteiger partial charge < -0.3 is 30.3 Å². The molecule has 0 aliphatic carbocycles. The summed E-state index contributed by atoms with van der Waals surface area (Å²) in [5.74, 6) is -3.51. The molecule has 0 unspecified atom stereocenters. The van der Waals surface area contributed by atoms with Crippen LogP contribution >= 0.6 is 0 Å². The molecule has 5 atom stereocenters. The Morgan fingerprint density at radius 3 is 2.27 bits per heavy atom. The molecule has 0 radical (unpaired) electrons. The van der Waals surface area contributed by atoms with Gasteiger partial charge in [0, 0.05) is 6.92 Å². The minimum absolute atomic E-state index is 0.694. The van der Waals surface area contributed by atoms with Crippen molar-refractivity contribution in [1.82, 2.24) is 0 Å². The van der Waals surface area contributed by atoms with Crippen molar-refractivity contribution in [3.63, 3.8) is 0 Å². The highest BCUT2D eigenvalue weighted by Crippen LogP contribution is 2.28. The van der Waals surface area contributed by atoms with Gasteiger partial charge in [0.15, 0.2) is 5.78 Å². The first-order valence-corrected chi connectivity index (χ1v) is 4.41. The number of ketones is 1. The fourth-order valence-corrected chi connectivity index (χ4v) is 1.44. The van der Waals surface area contributed by atoms with Crippen LogP contribution in [0.1, 0.15) is 6.92 Å². The Bertz CT molecular complexity index is 253. The number of hydrogen-bond donors (Lipinski definition) is 5. The van der Waals surface area contributed by atoms with Crippen molar-refractivity contribution in [2.24, 2.45) is 0 Å². The summed E-state index contributed by atoms with van der Waals surface area (Å²) in [5, 5.41) is 46.4. The molecule has 1 rings (SSSR count). The topological polar surface area (TPSA) is 127 Å². The van der Waals surface area contributed by atoms with Crippen molar-refractivity contribution < 1.29 is 35.1 Å². The SMILES string of the molecule is CC(=O)[C@@]1(O)O[C@H](CO)[C@@H](O)[C@H](O)[C@@H]1O. The summed E-state index contributed by atoms with van der Waals surface area (Å²) in [6, 6.07) is 0. The lowest BCUT2D eigenvalue weighted by Crippen LogP contribution is -2.67. The van der Waals surface area contributed by atoms with Crippen molar-refractivity contribution in [1.29, 1.82) is 0 Å². The number of Topliss-reactive ketones (excluding diaryl/α,β-unsaturated/α-hetero) is 1. The van der Waals surface area contributed by atoms with Crippen LogP contribution in [0.25, 0.3) is 0 Å². The largest absolute Gasteiger partial charge is 0.394 e. The zero-order valence-corrected chi connectivity index (χ0v) is 8.07. The minimum Gasteiger partial charge on any atom is -0.394 e. The minimum atomic E-state index is -2.59. The molecule has 0 amide bonds. The van der Waals surface area contributed by atoms with Crippen LogP contribution in [0, 0.1) is 0 Å². The van der Waals surface area contributed by atoms with Crippen LogP contribution in [0.5, 0.6) is 0 Å². The zero-order valence-electron chi connectivity index (χ0n) is 8.07. The summed E-state index contributed by atoms with van der Waals surface area (Å²) in [4.78, 5) is 11.0. The molecule has 1 aliphatic rings. The van der Waals surface area contributed by atoms with Gasteiger partial charge in [-0.3, -0.25) is 4.79 Å². The molecule has 7 nitrogen and oxygen atoms in total. The lowest BCUT2D eigenvalue weighted by molar-refractivity contribution is -0.330. The Balaban J connectivity index is 2.97. The summed E-state index contributed by atoms with van der Waals surface area (Å²) in [7, 11) is 0. The molecule has 0 bridgehead atoms. The Hall–Kier alpha value is -0.570. The molecule has 0 aromatic rings. The summed E-state index contributed by atoms with van der Waals surface area (Å²) < 4.78 is 4.68. The molecule has 5 N–H and O–H groups in total. The summed E-state index contributed by atoms with van der Waals surface area (Å²) in [6.07, 6.45) is -6.60. The van der Waals surface area contributed by atoms with E-state index in [2.05, 4.69) is 4.74 Å². The van der Waals surface area contributed by atoms with E-state index in [1.807, 2.05) is 0 Å². The van der Waals surface area contributed by atoms with Crippen molar-refractivity contribution in [3.8, 4) is 0 Å². The number of rotatable bonds is 2. The molecule has 0 aromatic heterocycles. The first kappa shape index (κ1) is 12.5. The molecule has 1 fully saturated rings. The van der Waals surface area contributed by atoms with E-state index in [-0.39, 0.29) is 0 Å². The van der Waals surface area contributed by atoms with Crippen molar-refractivity contribution in [2.45, 2.75) is 37.1 Å². The third-order valence-corrected chi connectivity index (χ3v) is 2.47. The van der Waals surface area contributed by atoms with Crippen LogP contribution in [0.4, 0.5) is 0 Å². The smallest absolute Gasteiger partial charge is 0.256 e. The number of carbonyl (C=O) groups is 1. The predicted molar refractivity (Wildman–Crippen MR) is 45.6 cm³/mol. The number of aliphatic hydroxyl groups excluding tert-OH is 4. The predicted octanol–water partition coefficient (Wildman–Crippen LogP) is -3.26. The van der Waals surface area contributed by atoms with Gasteiger partial charge >= 0.3 is 0 Å². The van der Waals surface area contributed by atoms with E-state index in [0.717, 1.165) is 6.92 Å². The maximum Gasteiger partial charge on any atom is 0.256 e. The molecule has 1 saturated heterocycles. The van der Waals surface area contributed by atoms with Crippen molar-refractivity contribution in [3.05, 3.63) is 0 Å². The van der Waals surface area contributed by atoms with Gasteiger partial charge in [-0.1, -0.05) is 0 Å². The van der Waals surface area contributed by atoms with E-state index in [4.69, 9.17) is 5.11 Å². The number of carbonyl (C=O) groups excluding carboxylic acids is 1. The summed E-state index contributed by atoms with van der Waals surface area (Å²) in [5.41, 5.74) is 0. The van der Waals surface area contributed by atoms with Crippen LogP contribution < -0.4 is 0 Å². The Labute approximate surface area is 85.5 Å². The molecule has 1 aliphatic heterocycles. The second-order valence-electron chi connectivity index (χ2n) is 3.52. The third-order valence-electron chi connectivity index (χ3n) is 2.47. The second-order valence-corrected chi connectivity index (χ2v) is 3.52. The molecule has 0 aromatic carbocycles. The molecule has 1 heterocycles. The van der Waals surface area contributed by atoms with Crippen LogP contribution in [0.15, 0.2) is 0 Å². The van der Waals surface area contributed by atoms with Crippen molar-refractivity contribution >= 4 is 5.78 Å². The number of ether oxygens (including phenoxy) is 1. The summed E-state index contributed by atoms with van der Waals surface area (Å²) in [6.45, 7) is 0.266. The Kier molecular flexibility index (Phi) is 3.44. The van der Waals surface area contributed by atoms with Crippen LogP contribution in [-0.2, 0) is 9.53 Å². The fourth-order valence-electron chi connectivity index (χ4n) is 1.44. The normalized spacial score (nSPS) is 46.5. The van der Waals surface area contributed by atoms with Gasteiger partial charge in [0.1, 0.15) is 24.4 Å². The molecule has 7 heteroatoms. The third kappa shape index (κ3) is 1.89. The van der Waals surface area contributed by atoms with Crippen LogP contribution in [-0.4, -0.2) is 68.1 Å².